The Hall–Kier alpha value is -0.520. The van der Waals surface area contributed by atoms with Crippen LogP contribution < -0.4 is 5.32 Å². The van der Waals surface area contributed by atoms with Gasteiger partial charge in [0.2, 0.25) is 0 Å². The number of nitrogens with one attached hydrogen (secondary N) is 1. The lowest BCUT2D eigenvalue weighted by Crippen LogP contribution is -2.48. The topological polar surface area (TPSA) is 21.3 Å². The second kappa shape index (κ2) is 7.70. The van der Waals surface area contributed by atoms with Crippen molar-refractivity contribution in [3.8, 4) is 11.8 Å². The summed E-state index contributed by atoms with van der Waals surface area (Å²) in [5.41, 5.74) is 0.137. The van der Waals surface area contributed by atoms with Crippen LogP contribution in [0.3, 0.4) is 0 Å². The van der Waals surface area contributed by atoms with Crippen molar-refractivity contribution in [3.05, 3.63) is 0 Å². The van der Waals surface area contributed by atoms with E-state index >= 15 is 0 Å². The summed E-state index contributed by atoms with van der Waals surface area (Å²) in [5, 5.41) is 3.48. The van der Waals surface area contributed by atoms with Crippen molar-refractivity contribution >= 4 is 0 Å². The number of likely N-dealkylation sites (N-methyl/N-ethyl adjacent to an activating group) is 1. The Morgan fingerprint density at radius 3 is 2.25 bits per heavy atom. The minimum Gasteiger partial charge on any atom is -0.376 e. The number of ether oxygens (including phenoxy) is 1. The molecule has 0 rings (SSSR count). The first-order valence-corrected chi connectivity index (χ1v) is 6.21. The summed E-state index contributed by atoms with van der Waals surface area (Å²) < 4.78 is 5.89. The molecule has 2 nitrogen and oxygen atoms in total. The van der Waals surface area contributed by atoms with E-state index in [4.69, 9.17) is 4.74 Å². The largest absolute Gasteiger partial charge is 0.376 e. The number of hydrogen-bond donors (Lipinski definition) is 1. The van der Waals surface area contributed by atoms with Gasteiger partial charge >= 0.3 is 0 Å². The molecule has 0 fully saturated rings. The van der Waals surface area contributed by atoms with Gasteiger partial charge in [-0.1, -0.05) is 27.7 Å². The van der Waals surface area contributed by atoms with Crippen LogP contribution in [0.25, 0.3) is 0 Å². The van der Waals surface area contributed by atoms with Crippen LogP contribution in [-0.4, -0.2) is 25.3 Å². The molecule has 0 bridgehead atoms. The molecule has 0 saturated carbocycles. The van der Waals surface area contributed by atoms with Crippen LogP contribution in [0.15, 0.2) is 0 Å². The van der Waals surface area contributed by atoms with E-state index in [0.717, 1.165) is 19.6 Å². The fourth-order valence-corrected chi connectivity index (χ4v) is 1.91. The molecule has 16 heavy (non-hydrogen) atoms. The predicted molar refractivity (Wildman–Crippen MR) is 70.4 cm³/mol. The molecule has 0 aliphatic heterocycles. The van der Waals surface area contributed by atoms with E-state index in [0.29, 0.717) is 6.04 Å². The Morgan fingerprint density at radius 2 is 1.88 bits per heavy atom. The molecule has 1 N–H and O–H groups in total. The third kappa shape index (κ3) is 5.53. The van der Waals surface area contributed by atoms with E-state index < -0.39 is 0 Å². The zero-order valence-electron chi connectivity index (χ0n) is 11.7. The molecule has 2 unspecified atom stereocenters. The molecular weight excluding hydrogens is 198 g/mol. The van der Waals surface area contributed by atoms with Gasteiger partial charge in [-0.25, -0.2) is 0 Å². The molecular formula is C14H27NO. The van der Waals surface area contributed by atoms with E-state index in [9.17, 15) is 0 Å². The smallest absolute Gasteiger partial charge is 0.0785 e. The third-order valence-corrected chi connectivity index (χ3v) is 2.53. The zero-order valence-corrected chi connectivity index (χ0v) is 11.7. The molecule has 0 amide bonds. The third-order valence-electron chi connectivity index (χ3n) is 2.53. The normalized spacial score (nSPS) is 15.1. The van der Waals surface area contributed by atoms with Gasteiger partial charge in [0.25, 0.3) is 0 Å². The Kier molecular flexibility index (Phi) is 7.45. The van der Waals surface area contributed by atoms with Gasteiger partial charge < -0.3 is 10.1 Å². The van der Waals surface area contributed by atoms with Gasteiger partial charge in [0.05, 0.1) is 6.10 Å². The van der Waals surface area contributed by atoms with Crippen molar-refractivity contribution in [2.75, 3.05) is 13.2 Å². The van der Waals surface area contributed by atoms with Crippen LogP contribution in [0.2, 0.25) is 0 Å². The van der Waals surface area contributed by atoms with Crippen molar-refractivity contribution in [1.82, 2.24) is 5.32 Å². The molecule has 0 heterocycles. The van der Waals surface area contributed by atoms with Gasteiger partial charge in [-0.15, -0.1) is 11.8 Å². The van der Waals surface area contributed by atoms with E-state index in [1.165, 1.54) is 0 Å². The fraction of sp³-hybridized carbons (Fsp3) is 0.857. The highest BCUT2D eigenvalue weighted by Gasteiger charge is 2.31. The highest BCUT2D eigenvalue weighted by atomic mass is 16.5. The molecule has 0 aliphatic rings. The maximum absolute atomic E-state index is 5.89. The minimum absolute atomic E-state index is 0.137. The van der Waals surface area contributed by atoms with Crippen molar-refractivity contribution in [2.45, 2.75) is 60.1 Å². The van der Waals surface area contributed by atoms with Crippen LogP contribution in [0.1, 0.15) is 48.0 Å². The van der Waals surface area contributed by atoms with Crippen LogP contribution in [0.4, 0.5) is 0 Å². The van der Waals surface area contributed by atoms with Crippen molar-refractivity contribution in [1.29, 1.82) is 0 Å². The van der Waals surface area contributed by atoms with Crippen LogP contribution in [0, 0.1) is 17.3 Å². The second-order valence-corrected chi connectivity index (χ2v) is 5.04. The molecule has 0 aromatic rings. The molecule has 94 valence electrons. The first-order chi connectivity index (χ1) is 7.47. The maximum atomic E-state index is 5.89. The molecule has 0 saturated heterocycles. The van der Waals surface area contributed by atoms with E-state index in [1.54, 1.807) is 0 Å². The first kappa shape index (κ1) is 15.5. The summed E-state index contributed by atoms with van der Waals surface area (Å²) in [5.74, 6) is 6.11. The molecule has 2 atom stereocenters. The Labute approximate surface area is 101 Å². The van der Waals surface area contributed by atoms with E-state index in [-0.39, 0.29) is 11.5 Å². The Balaban J connectivity index is 4.68. The van der Waals surface area contributed by atoms with Crippen molar-refractivity contribution in [2.24, 2.45) is 5.41 Å². The summed E-state index contributed by atoms with van der Waals surface area (Å²) in [6.45, 7) is 14.4. The zero-order chi connectivity index (χ0) is 12.6. The molecule has 2 heteroatoms. The Bertz CT molecular complexity index is 231. The highest BCUT2D eigenvalue weighted by molar-refractivity contribution is 5.01. The molecule has 0 aromatic carbocycles. The van der Waals surface area contributed by atoms with Crippen LogP contribution in [0.5, 0.6) is 0 Å². The van der Waals surface area contributed by atoms with Gasteiger partial charge in [0, 0.05) is 19.1 Å². The minimum atomic E-state index is 0.137. The summed E-state index contributed by atoms with van der Waals surface area (Å²) >= 11 is 0. The van der Waals surface area contributed by atoms with Gasteiger partial charge in [-0.2, -0.15) is 0 Å². The molecule has 0 spiro atoms. The van der Waals surface area contributed by atoms with Gasteiger partial charge in [-0.3, -0.25) is 0 Å². The van der Waals surface area contributed by atoms with Gasteiger partial charge in [-0.05, 0) is 25.8 Å². The van der Waals surface area contributed by atoms with Gasteiger partial charge in [0.15, 0.2) is 0 Å². The average molecular weight is 225 g/mol. The standard InChI is InChI=1S/C14H27NO/c1-7-10-11-12(15-8-2)13(16-9-3)14(4,5)6/h12-13,15H,8-9,11H2,1-6H3. The lowest BCUT2D eigenvalue weighted by molar-refractivity contribution is -0.0342. The predicted octanol–water partition coefficient (Wildman–Crippen LogP) is 2.83. The summed E-state index contributed by atoms with van der Waals surface area (Å²) in [6.07, 6.45) is 1.06. The van der Waals surface area contributed by atoms with E-state index in [1.807, 2.05) is 13.8 Å². The Morgan fingerprint density at radius 1 is 1.25 bits per heavy atom. The lowest BCUT2D eigenvalue weighted by atomic mass is 9.83. The monoisotopic (exact) mass is 225 g/mol. The number of hydrogen-bond acceptors (Lipinski definition) is 2. The molecule has 0 aliphatic carbocycles. The lowest BCUT2D eigenvalue weighted by Gasteiger charge is -2.36. The average Bonchev–Trinajstić information content (AvgIpc) is 2.19. The quantitative estimate of drug-likeness (QED) is 0.702. The van der Waals surface area contributed by atoms with E-state index in [2.05, 4.69) is 44.9 Å². The molecule has 0 radical (unpaired) electrons. The molecule has 0 aromatic heterocycles. The van der Waals surface area contributed by atoms with Gasteiger partial charge in [0.1, 0.15) is 0 Å². The SMILES string of the molecule is CC#CCC(NCC)C(OCC)C(C)(C)C. The summed E-state index contributed by atoms with van der Waals surface area (Å²) in [6, 6.07) is 0.317. The van der Waals surface area contributed by atoms with Crippen molar-refractivity contribution < 1.29 is 4.74 Å². The fourth-order valence-electron chi connectivity index (χ4n) is 1.91. The second-order valence-electron chi connectivity index (χ2n) is 5.04. The van der Waals surface area contributed by atoms with Crippen LogP contribution >= 0.6 is 0 Å². The maximum Gasteiger partial charge on any atom is 0.0785 e. The highest BCUT2D eigenvalue weighted by Crippen LogP contribution is 2.26. The van der Waals surface area contributed by atoms with Crippen molar-refractivity contribution in [3.63, 3.8) is 0 Å². The number of rotatable bonds is 6. The van der Waals surface area contributed by atoms with Crippen LogP contribution in [-0.2, 0) is 4.74 Å². The summed E-state index contributed by atoms with van der Waals surface area (Å²) in [4.78, 5) is 0. The summed E-state index contributed by atoms with van der Waals surface area (Å²) in [7, 11) is 0. The first-order valence-electron chi connectivity index (χ1n) is 6.21.